The van der Waals surface area contributed by atoms with Crippen molar-refractivity contribution in [2.75, 3.05) is 0 Å². The fourth-order valence-corrected chi connectivity index (χ4v) is 2.16. The Labute approximate surface area is 88.8 Å². The molecular formula is C12H15Br. The molecule has 0 spiro atoms. The van der Waals surface area contributed by atoms with Crippen LogP contribution in [-0.4, -0.2) is 0 Å². The van der Waals surface area contributed by atoms with Gasteiger partial charge in [-0.2, -0.15) is 0 Å². The normalized spacial score (nSPS) is 12.5. The van der Waals surface area contributed by atoms with Crippen molar-refractivity contribution in [2.45, 2.75) is 26.2 Å². The number of halogens is 1. The molecule has 70 valence electrons. The van der Waals surface area contributed by atoms with Crippen LogP contribution in [0.5, 0.6) is 0 Å². The molecule has 1 rings (SSSR count). The van der Waals surface area contributed by atoms with E-state index in [9.17, 15) is 0 Å². The molecule has 1 aromatic carbocycles. The molecule has 0 bridgehead atoms. The molecular weight excluding hydrogens is 224 g/mol. The largest absolute Gasteiger partial charge is 0.102 e. The minimum absolute atomic E-state index is 0.437. The average molecular weight is 239 g/mol. The zero-order valence-electron chi connectivity index (χ0n) is 8.18. The molecule has 0 saturated heterocycles. The number of benzene rings is 1. The molecule has 0 aliphatic carbocycles. The van der Waals surface area contributed by atoms with E-state index in [2.05, 4.69) is 54.6 Å². The van der Waals surface area contributed by atoms with Crippen molar-refractivity contribution in [1.82, 2.24) is 0 Å². The molecule has 0 N–H and O–H groups in total. The average Bonchev–Trinajstić information content (AvgIpc) is 2.16. The highest BCUT2D eigenvalue weighted by atomic mass is 79.9. The Morgan fingerprint density at radius 3 is 2.77 bits per heavy atom. The number of allylic oxidation sites excluding steroid dienone is 1. The van der Waals surface area contributed by atoms with Gasteiger partial charge in [-0.25, -0.2) is 0 Å². The molecule has 0 nitrogen and oxygen atoms in total. The second-order valence-corrected chi connectivity index (χ2v) is 4.04. The van der Waals surface area contributed by atoms with Gasteiger partial charge in [-0.15, -0.1) is 6.58 Å². The fraction of sp³-hybridized carbons (Fsp3) is 0.333. The predicted octanol–water partition coefficient (Wildman–Crippen LogP) is 4.30. The number of hydrogen-bond acceptors (Lipinski definition) is 0. The Balaban J connectivity index is 3.19. The summed E-state index contributed by atoms with van der Waals surface area (Å²) in [5, 5.41) is 0. The lowest BCUT2D eigenvalue weighted by atomic mass is 9.94. The van der Waals surface area contributed by atoms with Gasteiger partial charge in [0.15, 0.2) is 0 Å². The monoisotopic (exact) mass is 238 g/mol. The van der Waals surface area contributed by atoms with Crippen LogP contribution in [0.4, 0.5) is 0 Å². The van der Waals surface area contributed by atoms with Crippen LogP contribution in [-0.2, 0) is 6.42 Å². The molecule has 0 aromatic heterocycles. The second kappa shape index (κ2) is 4.61. The van der Waals surface area contributed by atoms with Crippen LogP contribution >= 0.6 is 15.9 Å². The van der Waals surface area contributed by atoms with Gasteiger partial charge in [-0.05, 0) is 29.5 Å². The van der Waals surface area contributed by atoms with Crippen LogP contribution in [0.3, 0.4) is 0 Å². The van der Waals surface area contributed by atoms with Crippen molar-refractivity contribution in [3.8, 4) is 0 Å². The Morgan fingerprint density at radius 2 is 2.23 bits per heavy atom. The molecule has 0 aliphatic heterocycles. The topological polar surface area (TPSA) is 0 Å². The van der Waals surface area contributed by atoms with E-state index in [0.717, 1.165) is 6.42 Å². The molecule has 1 atom stereocenters. The van der Waals surface area contributed by atoms with Gasteiger partial charge in [-0.3, -0.25) is 0 Å². The summed E-state index contributed by atoms with van der Waals surface area (Å²) in [4.78, 5) is 0. The zero-order chi connectivity index (χ0) is 9.84. The lowest BCUT2D eigenvalue weighted by molar-refractivity contribution is 0.927. The molecule has 1 unspecified atom stereocenters. The van der Waals surface area contributed by atoms with Crippen molar-refractivity contribution in [3.05, 3.63) is 46.5 Å². The molecule has 0 aliphatic rings. The van der Waals surface area contributed by atoms with Gasteiger partial charge in [0.25, 0.3) is 0 Å². The Bertz CT molecular complexity index is 302. The standard InChI is InChI=1S/C12H15Br/c1-4-9(3)11-7-6-8-12(13)10(11)5-2/h4,6-9H,1,5H2,2-3H3. The van der Waals surface area contributed by atoms with Crippen molar-refractivity contribution in [2.24, 2.45) is 0 Å². The van der Waals surface area contributed by atoms with E-state index in [4.69, 9.17) is 0 Å². The minimum Gasteiger partial charge on any atom is -0.102 e. The van der Waals surface area contributed by atoms with E-state index < -0.39 is 0 Å². The summed E-state index contributed by atoms with van der Waals surface area (Å²) >= 11 is 3.57. The van der Waals surface area contributed by atoms with Crippen molar-refractivity contribution in [1.29, 1.82) is 0 Å². The van der Waals surface area contributed by atoms with Gasteiger partial charge in [0.05, 0.1) is 0 Å². The van der Waals surface area contributed by atoms with E-state index in [0.29, 0.717) is 5.92 Å². The number of hydrogen-bond donors (Lipinski definition) is 0. The lowest BCUT2D eigenvalue weighted by Crippen LogP contribution is -1.96. The molecule has 0 radical (unpaired) electrons. The van der Waals surface area contributed by atoms with E-state index in [1.165, 1.54) is 15.6 Å². The van der Waals surface area contributed by atoms with Gasteiger partial charge in [0.2, 0.25) is 0 Å². The van der Waals surface area contributed by atoms with E-state index in [1.807, 2.05) is 6.08 Å². The maximum atomic E-state index is 3.83. The summed E-state index contributed by atoms with van der Waals surface area (Å²) in [5.74, 6) is 0.437. The third-order valence-electron chi connectivity index (χ3n) is 2.35. The van der Waals surface area contributed by atoms with E-state index in [-0.39, 0.29) is 0 Å². The highest BCUT2D eigenvalue weighted by molar-refractivity contribution is 9.10. The summed E-state index contributed by atoms with van der Waals surface area (Å²) in [6.07, 6.45) is 3.05. The Morgan fingerprint density at radius 1 is 1.54 bits per heavy atom. The van der Waals surface area contributed by atoms with Gasteiger partial charge in [-0.1, -0.05) is 48.0 Å². The first kappa shape index (κ1) is 10.5. The number of rotatable bonds is 3. The fourth-order valence-electron chi connectivity index (χ4n) is 1.50. The highest BCUT2D eigenvalue weighted by Crippen LogP contribution is 2.27. The summed E-state index contributed by atoms with van der Waals surface area (Å²) in [7, 11) is 0. The van der Waals surface area contributed by atoms with E-state index >= 15 is 0 Å². The van der Waals surface area contributed by atoms with Gasteiger partial charge < -0.3 is 0 Å². The smallest absolute Gasteiger partial charge is 0.0210 e. The molecule has 0 saturated carbocycles. The first-order chi connectivity index (χ1) is 6.20. The molecule has 0 heterocycles. The van der Waals surface area contributed by atoms with Crippen LogP contribution in [0.1, 0.15) is 30.9 Å². The summed E-state index contributed by atoms with van der Waals surface area (Å²) in [5.41, 5.74) is 2.78. The molecule has 13 heavy (non-hydrogen) atoms. The van der Waals surface area contributed by atoms with Crippen molar-refractivity contribution < 1.29 is 0 Å². The third-order valence-corrected chi connectivity index (χ3v) is 3.10. The lowest BCUT2D eigenvalue weighted by Gasteiger charge is -2.13. The maximum absolute atomic E-state index is 3.83. The van der Waals surface area contributed by atoms with Crippen LogP contribution in [0.15, 0.2) is 35.3 Å². The SMILES string of the molecule is C=CC(C)c1cccc(Br)c1CC. The molecule has 1 aromatic rings. The Hall–Kier alpha value is -0.560. The van der Waals surface area contributed by atoms with Crippen LogP contribution in [0.25, 0.3) is 0 Å². The van der Waals surface area contributed by atoms with Crippen molar-refractivity contribution >= 4 is 15.9 Å². The summed E-state index contributed by atoms with van der Waals surface area (Å²) < 4.78 is 1.21. The quantitative estimate of drug-likeness (QED) is 0.690. The third kappa shape index (κ3) is 2.22. The van der Waals surface area contributed by atoms with Crippen LogP contribution in [0, 0.1) is 0 Å². The Kier molecular flexibility index (Phi) is 3.73. The first-order valence-corrected chi connectivity index (χ1v) is 5.39. The predicted molar refractivity (Wildman–Crippen MR) is 62.1 cm³/mol. The first-order valence-electron chi connectivity index (χ1n) is 4.60. The van der Waals surface area contributed by atoms with Gasteiger partial charge in [0, 0.05) is 4.47 Å². The van der Waals surface area contributed by atoms with E-state index in [1.54, 1.807) is 0 Å². The second-order valence-electron chi connectivity index (χ2n) is 3.19. The zero-order valence-corrected chi connectivity index (χ0v) is 9.76. The minimum atomic E-state index is 0.437. The highest BCUT2D eigenvalue weighted by Gasteiger charge is 2.08. The van der Waals surface area contributed by atoms with Gasteiger partial charge >= 0.3 is 0 Å². The van der Waals surface area contributed by atoms with Gasteiger partial charge in [0.1, 0.15) is 0 Å². The summed E-state index contributed by atoms with van der Waals surface area (Å²) in [6.45, 7) is 8.18. The molecule has 1 heteroatoms. The summed E-state index contributed by atoms with van der Waals surface area (Å²) in [6, 6.07) is 6.35. The van der Waals surface area contributed by atoms with Crippen LogP contribution < -0.4 is 0 Å². The maximum Gasteiger partial charge on any atom is 0.0210 e. The molecule has 0 amide bonds. The van der Waals surface area contributed by atoms with Crippen molar-refractivity contribution in [3.63, 3.8) is 0 Å². The van der Waals surface area contributed by atoms with Crippen LogP contribution in [0.2, 0.25) is 0 Å². The molecule has 0 fully saturated rings.